The van der Waals surface area contributed by atoms with Crippen molar-refractivity contribution in [2.45, 2.75) is 39.5 Å². The highest BCUT2D eigenvalue weighted by molar-refractivity contribution is 6.00. The van der Waals surface area contributed by atoms with Gasteiger partial charge in [0, 0.05) is 29.9 Å². The van der Waals surface area contributed by atoms with Crippen molar-refractivity contribution < 1.29 is 38.6 Å². The number of carboxylic acid groups (broad SMARTS) is 1. The maximum absolute atomic E-state index is 13.4. The van der Waals surface area contributed by atoms with Gasteiger partial charge in [0.1, 0.15) is 5.75 Å². The number of carbonyl (C=O) groups is 3. The molecule has 0 bridgehead atoms. The Bertz CT molecular complexity index is 1310. The topological polar surface area (TPSA) is 154 Å². The van der Waals surface area contributed by atoms with E-state index in [4.69, 9.17) is 19.3 Å². The monoisotopic (exact) mass is 538 g/mol. The van der Waals surface area contributed by atoms with Crippen LogP contribution in [0.2, 0.25) is 0 Å². The smallest absolute Gasteiger partial charge is 0.341 e. The summed E-state index contributed by atoms with van der Waals surface area (Å²) in [4.78, 5) is 48.0. The zero-order valence-electron chi connectivity index (χ0n) is 21.9. The number of nitrogens with one attached hydrogen (secondary N) is 1. The number of carboxylic acids is 1. The number of allylic oxidation sites excluding steroid dienone is 2. The van der Waals surface area contributed by atoms with Crippen LogP contribution in [0.3, 0.4) is 0 Å². The number of aliphatic carboxylic acids is 1. The standard InChI is InChI=1S/C28H30N2O9/c1-4-13-37-27(33)24-17(2)29-18(3)25(26(24)20-6-5-7-21(15-20)30(35)36)28(34)38-14-12-19-8-10-22(11-9-19)39-16-23(31)32/h5-11,15,26,29H,4,12-14,16H2,1-3H3,(H,31,32). The molecule has 1 atom stereocenters. The third-order valence-corrected chi connectivity index (χ3v) is 5.96. The fourth-order valence-corrected chi connectivity index (χ4v) is 4.20. The van der Waals surface area contributed by atoms with E-state index in [0.29, 0.717) is 35.5 Å². The van der Waals surface area contributed by atoms with Crippen molar-refractivity contribution in [3.8, 4) is 5.75 Å². The van der Waals surface area contributed by atoms with Crippen LogP contribution in [0.5, 0.6) is 5.75 Å². The second-order valence-corrected chi connectivity index (χ2v) is 8.84. The summed E-state index contributed by atoms with van der Waals surface area (Å²) in [5.41, 5.74) is 2.31. The Kier molecular flexibility index (Phi) is 9.80. The van der Waals surface area contributed by atoms with Crippen molar-refractivity contribution in [2.75, 3.05) is 19.8 Å². The Morgan fingerprint density at radius 3 is 2.15 bits per heavy atom. The highest BCUT2D eigenvalue weighted by Crippen LogP contribution is 2.40. The summed E-state index contributed by atoms with van der Waals surface area (Å²) in [5, 5.41) is 23.2. The number of nitro benzene ring substituents is 1. The fourth-order valence-electron chi connectivity index (χ4n) is 4.20. The lowest BCUT2D eigenvalue weighted by molar-refractivity contribution is -0.384. The van der Waals surface area contributed by atoms with E-state index in [0.717, 1.165) is 5.56 Å². The summed E-state index contributed by atoms with van der Waals surface area (Å²) < 4.78 is 16.1. The molecule has 2 aromatic rings. The van der Waals surface area contributed by atoms with Crippen LogP contribution in [0.15, 0.2) is 71.1 Å². The Morgan fingerprint density at radius 1 is 0.974 bits per heavy atom. The highest BCUT2D eigenvalue weighted by atomic mass is 16.6. The molecule has 3 rings (SSSR count). The van der Waals surface area contributed by atoms with Crippen LogP contribution in [-0.4, -0.2) is 47.8 Å². The van der Waals surface area contributed by atoms with Gasteiger partial charge in [0.25, 0.3) is 5.69 Å². The van der Waals surface area contributed by atoms with Gasteiger partial charge in [0.2, 0.25) is 0 Å². The lowest BCUT2D eigenvalue weighted by Crippen LogP contribution is -2.32. The minimum Gasteiger partial charge on any atom is -0.482 e. The number of esters is 2. The Balaban J connectivity index is 1.84. The first kappa shape index (κ1) is 28.9. The van der Waals surface area contributed by atoms with E-state index >= 15 is 0 Å². The molecule has 1 aliphatic heterocycles. The zero-order chi connectivity index (χ0) is 28.5. The number of non-ortho nitro benzene ring substituents is 1. The van der Waals surface area contributed by atoms with Crippen molar-refractivity contribution in [3.63, 3.8) is 0 Å². The average molecular weight is 539 g/mol. The maximum Gasteiger partial charge on any atom is 0.341 e. The lowest BCUT2D eigenvalue weighted by Gasteiger charge is -2.30. The second kappa shape index (κ2) is 13.2. The van der Waals surface area contributed by atoms with Gasteiger partial charge in [-0.15, -0.1) is 0 Å². The first-order valence-electron chi connectivity index (χ1n) is 12.3. The molecule has 0 spiro atoms. The minimum absolute atomic E-state index is 0.0188. The van der Waals surface area contributed by atoms with Crippen LogP contribution in [0.25, 0.3) is 0 Å². The van der Waals surface area contributed by atoms with Gasteiger partial charge in [-0.2, -0.15) is 0 Å². The minimum atomic E-state index is -1.08. The summed E-state index contributed by atoms with van der Waals surface area (Å²) in [6.07, 6.45) is 0.968. The largest absolute Gasteiger partial charge is 0.482 e. The quantitative estimate of drug-likeness (QED) is 0.230. The molecule has 0 aliphatic carbocycles. The van der Waals surface area contributed by atoms with E-state index in [2.05, 4.69) is 5.32 Å². The zero-order valence-corrected chi connectivity index (χ0v) is 21.9. The van der Waals surface area contributed by atoms with E-state index < -0.39 is 35.4 Å². The van der Waals surface area contributed by atoms with E-state index in [-0.39, 0.29) is 30.0 Å². The lowest BCUT2D eigenvalue weighted by atomic mass is 9.80. The average Bonchev–Trinajstić information content (AvgIpc) is 2.90. The van der Waals surface area contributed by atoms with Gasteiger partial charge in [-0.1, -0.05) is 31.2 Å². The Hall–Kier alpha value is -4.67. The summed E-state index contributed by atoms with van der Waals surface area (Å²) in [6, 6.07) is 12.5. The molecule has 11 nitrogen and oxygen atoms in total. The van der Waals surface area contributed by atoms with E-state index in [1.54, 1.807) is 44.2 Å². The number of hydrogen-bond donors (Lipinski definition) is 2. The van der Waals surface area contributed by atoms with Crippen molar-refractivity contribution in [1.82, 2.24) is 5.32 Å². The van der Waals surface area contributed by atoms with Crippen LogP contribution in [0, 0.1) is 10.1 Å². The maximum atomic E-state index is 13.4. The van der Waals surface area contributed by atoms with Gasteiger partial charge >= 0.3 is 17.9 Å². The molecule has 0 fully saturated rings. The molecule has 1 unspecified atom stereocenters. The van der Waals surface area contributed by atoms with Gasteiger partial charge in [0.05, 0.1) is 35.2 Å². The molecule has 2 N–H and O–H groups in total. The number of hydrogen-bond acceptors (Lipinski definition) is 9. The molecule has 0 radical (unpaired) electrons. The number of nitrogens with zero attached hydrogens (tertiary/aromatic N) is 1. The van der Waals surface area contributed by atoms with Gasteiger partial charge in [0.15, 0.2) is 6.61 Å². The van der Waals surface area contributed by atoms with Crippen LogP contribution < -0.4 is 10.1 Å². The summed E-state index contributed by atoms with van der Waals surface area (Å²) in [5.74, 6) is -2.92. The third-order valence-electron chi connectivity index (χ3n) is 5.96. The van der Waals surface area contributed by atoms with E-state index in [9.17, 15) is 24.5 Å². The molecule has 206 valence electrons. The van der Waals surface area contributed by atoms with Gasteiger partial charge in [-0.25, -0.2) is 14.4 Å². The second-order valence-electron chi connectivity index (χ2n) is 8.84. The molecule has 0 amide bonds. The summed E-state index contributed by atoms with van der Waals surface area (Å²) in [6.45, 7) is 4.96. The molecule has 1 aliphatic rings. The van der Waals surface area contributed by atoms with Crippen molar-refractivity contribution in [2.24, 2.45) is 0 Å². The molecule has 1 heterocycles. The fraction of sp³-hybridized carbons (Fsp3) is 0.321. The normalized spacial score (nSPS) is 14.9. The predicted molar refractivity (Wildman–Crippen MR) is 140 cm³/mol. The number of dihydropyridines is 1. The van der Waals surface area contributed by atoms with Crippen LogP contribution >= 0.6 is 0 Å². The molecule has 0 aromatic heterocycles. The molecule has 0 saturated heterocycles. The molecule has 11 heteroatoms. The Labute approximate surface area is 225 Å². The van der Waals surface area contributed by atoms with Crippen LogP contribution in [-0.2, 0) is 30.3 Å². The van der Waals surface area contributed by atoms with Gasteiger partial charge in [-0.3, -0.25) is 10.1 Å². The molecule has 0 saturated carbocycles. The number of ether oxygens (including phenoxy) is 3. The van der Waals surface area contributed by atoms with Crippen molar-refractivity contribution >= 4 is 23.6 Å². The van der Waals surface area contributed by atoms with Crippen molar-refractivity contribution in [3.05, 3.63) is 92.3 Å². The number of carbonyl (C=O) groups excluding carboxylic acids is 2. The molecular formula is C28H30N2O9. The van der Waals surface area contributed by atoms with Gasteiger partial charge in [-0.05, 0) is 43.5 Å². The summed E-state index contributed by atoms with van der Waals surface area (Å²) >= 11 is 0. The van der Waals surface area contributed by atoms with E-state index in [1.165, 1.54) is 18.2 Å². The summed E-state index contributed by atoms with van der Waals surface area (Å²) in [7, 11) is 0. The first-order valence-corrected chi connectivity index (χ1v) is 12.3. The Morgan fingerprint density at radius 2 is 1.59 bits per heavy atom. The molecular weight excluding hydrogens is 508 g/mol. The van der Waals surface area contributed by atoms with Crippen molar-refractivity contribution in [1.29, 1.82) is 0 Å². The highest BCUT2D eigenvalue weighted by Gasteiger charge is 2.38. The van der Waals surface area contributed by atoms with Gasteiger partial charge < -0.3 is 24.6 Å². The van der Waals surface area contributed by atoms with Crippen LogP contribution in [0.1, 0.15) is 44.2 Å². The molecule has 2 aromatic carbocycles. The SMILES string of the molecule is CCCOC(=O)C1=C(C)NC(C)=C(C(=O)OCCc2ccc(OCC(=O)O)cc2)C1c1cccc([N+](=O)[O-])c1. The number of nitro groups is 1. The van der Waals surface area contributed by atoms with Crippen LogP contribution in [0.4, 0.5) is 5.69 Å². The number of rotatable bonds is 12. The number of benzene rings is 2. The first-order chi connectivity index (χ1) is 18.6. The molecule has 39 heavy (non-hydrogen) atoms. The predicted octanol–water partition coefficient (Wildman–Crippen LogP) is 4.03. The third kappa shape index (κ3) is 7.44. The van der Waals surface area contributed by atoms with E-state index in [1.807, 2.05) is 6.92 Å².